The molecule has 1 saturated heterocycles. The van der Waals surface area contributed by atoms with Gasteiger partial charge in [-0.05, 0) is 70.3 Å². The first-order valence-corrected chi connectivity index (χ1v) is 12.1. The Morgan fingerprint density at radius 1 is 1.12 bits per heavy atom. The van der Waals surface area contributed by atoms with E-state index in [1.54, 1.807) is 0 Å². The van der Waals surface area contributed by atoms with E-state index in [9.17, 15) is 4.79 Å². The molecular formula is C28H33N3O2. The Balaban J connectivity index is 1.30. The van der Waals surface area contributed by atoms with E-state index in [-0.39, 0.29) is 11.4 Å². The number of para-hydroxylation sites is 2. The van der Waals surface area contributed by atoms with Crippen LogP contribution in [0.1, 0.15) is 49.9 Å². The van der Waals surface area contributed by atoms with Crippen LogP contribution in [0.25, 0.3) is 21.9 Å². The molecule has 0 radical (unpaired) electrons. The van der Waals surface area contributed by atoms with Gasteiger partial charge >= 0.3 is 0 Å². The molecule has 5 nitrogen and oxygen atoms in total. The van der Waals surface area contributed by atoms with E-state index in [0.717, 1.165) is 60.1 Å². The average Bonchev–Trinajstić information content (AvgIpc) is 3.47. The quantitative estimate of drug-likeness (QED) is 0.396. The maximum Gasteiger partial charge on any atom is 0.270 e. The monoisotopic (exact) mass is 443 g/mol. The molecule has 33 heavy (non-hydrogen) atoms. The van der Waals surface area contributed by atoms with Gasteiger partial charge in [0.05, 0.1) is 5.54 Å². The molecule has 1 aliphatic heterocycles. The van der Waals surface area contributed by atoms with E-state index in [0.29, 0.717) is 18.2 Å². The number of piperidine rings is 1. The second-order valence-electron chi connectivity index (χ2n) is 9.78. The Morgan fingerprint density at radius 2 is 1.88 bits per heavy atom. The van der Waals surface area contributed by atoms with Gasteiger partial charge in [0.15, 0.2) is 0 Å². The highest BCUT2D eigenvalue weighted by atomic mass is 16.3. The molecule has 0 spiro atoms. The van der Waals surface area contributed by atoms with Gasteiger partial charge in [0, 0.05) is 35.9 Å². The van der Waals surface area contributed by atoms with Crippen LogP contribution in [0.15, 0.2) is 65.1 Å². The molecule has 3 heterocycles. The molecule has 1 fully saturated rings. The van der Waals surface area contributed by atoms with Crippen LogP contribution >= 0.6 is 0 Å². The molecular weight excluding hydrogens is 410 g/mol. The summed E-state index contributed by atoms with van der Waals surface area (Å²) in [7, 11) is 0. The lowest BCUT2D eigenvalue weighted by Gasteiger charge is -2.43. The van der Waals surface area contributed by atoms with Gasteiger partial charge in [-0.1, -0.05) is 36.4 Å². The number of benzene rings is 2. The molecule has 1 atom stereocenters. The third-order valence-corrected chi connectivity index (χ3v) is 7.25. The first-order valence-electron chi connectivity index (χ1n) is 12.1. The molecule has 5 heteroatoms. The lowest BCUT2D eigenvalue weighted by atomic mass is 9.90. The van der Waals surface area contributed by atoms with Crippen LogP contribution in [0.3, 0.4) is 0 Å². The summed E-state index contributed by atoms with van der Waals surface area (Å²) in [5.41, 5.74) is 2.42. The fraction of sp³-hybridized carbons (Fsp3) is 0.393. The van der Waals surface area contributed by atoms with Gasteiger partial charge in [0.1, 0.15) is 17.0 Å². The maximum absolute atomic E-state index is 13.3. The fourth-order valence-corrected chi connectivity index (χ4v) is 5.19. The van der Waals surface area contributed by atoms with Crippen LogP contribution < -0.4 is 0 Å². The van der Waals surface area contributed by atoms with E-state index in [1.807, 2.05) is 47.4 Å². The maximum atomic E-state index is 13.3. The Bertz CT molecular complexity index is 1200. The lowest BCUT2D eigenvalue weighted by molar-refractivity contribution is 0.0371. The number of carbonyl (C=O) groups excluding carboxylic acids is 1. The number of rotatable bonds is 6. The highest BCUT2D eigenvalue weighted by Crippen LogP contribution is 2.35. The summed E-state index contributed by atoms with van der Waals surface area (Å²) in [4.78, 5) is 21.1. The summed E-state index contributed by atoms with van der Waals surface area (Å²) >= 11 is 0. The summed E-state index contributed by atoms with van der Waals surface area (Å²) in [6.45, 7) is 10.1. The number of furan rings is 1. The molecule has 172 valence electrons. The first kappa shape index (κ1) is 21.8. The van der Waals surface area contributed by atoms with E-state index in [1.165, 1.54) is 0 Å². The minimum Gasteiger partial charge on any atom is -0.459 e. The summed E-state index contributed by atoms with van der Waals surface area (Å²) in [6.07, 6.45) is 2.27. The SMILES string of the molecule is CCN(CC1CCCN(C(C)(C)c2cc3ccccc3o2)C1)C(=O)c1cc2ccccc2[nH]1. The van der Waals surface area contributed by atoms with Crippen molar-refractivity contribution < 1.29 is 9.21 Å². The van der Waals surface area contributed by atoms with Gasteiger partial charge in [-0.25, -0.2) is 0 Å². The van der Waals surface area contributed by atoms with Crippen LogP contribution in [-0.2, 0) is 5.54 Å². The van der Waals surface area contributed by atoms with Crippen molar-refractivity contribution in [2.45, 2.75) is 39.2 Å². The van der Waals surface area contributed by atoms with Crippen LogP contribution in [0.2, 0.25) is 0 Å². The van der Waals surface area contributed by atoms with Gasteiger partial charge in [-0.2, -0.15) is 0 Å². The van der Waals surface area contributed by atoms with Crippen LogP contribution in [0.5, 0.6) is 0 Å². The number of nitrogens with one attached hydrogen (secondary N) is 1. The van der Waals surface area contributed by atoms with Gasteiger partial charge < -0.3 is 14.3 Å². The number of amides is 1. The molecule has 0 saturated carbocycles. The molecule has 4 aromatic rings. The van der Waals surface area contributed by atoms with Crippen LogP contribution in [0.4, 0.5) is 0 Å². The number of carbonyl (C=O) groups is 1. The third kappa shape index (κ3) is 4.18. The van der Waals surface area contributed by atoms with Crippen molar-refractivity contribution in [2.75, 3.05) is 26.2 Å². The number of fused-ring (bicyclic) bond motifs is 2. The van der Waals surface area contributed by atoms with E-state index in [2.05, 4.69) is 48.9 Å². The topological polar surface area (TPSA) is 52.5 Å². The molecule has 1 N–H and O–H groups in total. The molecule has 2 aromatic heterocycles. The van der Waals surface area contributed by atoms with Crippen LogP contribution in [-0.4, -0.2) is 46.9 Å². The zero-order valence-corrected chi connectivity index (χ0v) is 19.8. The van der Waals surface area contributed by atoms with Gasteiger partial charge in [-0.3, -0.25) is 9.69 Å². The third-order valence-electron chi connectivity index (χ3n) is 7.25. The average molecular weight is 444 g/mol. The van der Waals surface area contributed by atoms with Crippen molar-refractivity contribution in [3.05, 3.63) is 72.1 Å². The Hall–Kier alpha value is -3.05. The predicted octanol–water partition coefficient (Wildman–Crippen LogP) is 6.02. The number of hydrogen-bond donors (Lipinski definition) is 1. The minimum atomic E-state index is -0.198. The molecule has 5 rings (SSSR count). The molecule has 0 bridgehead atoms. The summed E-state index contributed by atoms with van der Waals surface area (Å²) in [5.74, 6) is 1.53. The lowest BCUT2D eigenvalue weighted by Crippen LogP contribution is -2.49. The Labute approximate surface area is 195 Å². The fourth-order valence-electron chi connectivity index (χ4n) is 5.19. The van der Waals surface area contributed by atoms with Crippen molar-refractivity contribution in [1.29, 1.82) is 0 Å². The summed E-state index contributed by atoms with van der Waals surface area (Å²) < 4.78 is 6.24. The Kier molecular flexibility index (Phi) is 5.75. The molecule has 2 aromatic carbocycles. The van der Waals surface area contributed by atoms with E-state index < -0.39 is 0 Å². The largest absolute Gasteiger partial charge is 0.459 e. The second-order valence-corrected chi connectivity index (χ2v) is 9.78. The smallest absolute Gasteiger partial charge is 0.270 e. The van der Waals surface area contributed by atoms with Crippen molar-refractivity contribution in [3.63, 3.8) is 0 Å². The number of aromatic nitrogens is 1. The number of likely N-dealkylation sites (tertiary alicyclic amines) is 1. The standard InChI is InChI=1S/C28H33N3O2/c1-4-30(27(32)24-16-21-11-5-7-13-23(21)29-24)18-20-10-9-15-31(19-20)28(2,3)26-17-22-12-6-8-14-25(22)33-26/h5-8,11-14,16-17,20,29H,4,9-10,15,18-19H2,1-3H3. The van der Waals surface area contributed by atoms with Gasteiger partial charge in [0.2, 0.25) is 0 Å². The van der Waals surface area contributed by atoms with E-state index >= 15 is 0 Å². The molecule has 1 aliphatic rings. The minimum absolute atomic E-state index is 0.0855. The molecule has 1 amide bonds. The summed E-state index contributed by atoms with van der Waals surface area (Å²) in [6, 6.07) is 20.4. The van der Waals surface area contributed by atoms with Gasteiger partial charge in [0.25, 0.3) is 5.91 Å². The Morgan fingerprint density at radius 3 is 2.64 bits per heavy atom. The van der Waals surface area contributed by atoms with Crippen LogP contribution in [0, 0.1) is 5.92 Å². The van der Waals surface area contributed by atoms with Crippen molar-refractivity contribution in [3.8, 4) is 0 Å². The zero-order chi connectivity index (χ0) is 23.0. The normalized spacial score (nSPS) is 17.6. The highest BCUT2D eigenvalue weighted by Gasteiger charge is 2.36. The molecule has 0 aliphatic carbocycles. The van der Waals surface area contributed by atoms with Gasteiger partial charge in [-0.15, -0.1) is 0 Å². The predicted molar refractivity (Wildman–Crippen MR) is 133 cm³/mol. The zero-order valence-electron chi connectivity index (χ0n) is 19.8. The highest BCUT2D eigenvalue weighted by molar-refractivity contribution is 5.98. The van der Waals surface area contributed by atoms with Crippen molar-refractivity contribution >= 4 is 27.8 Å². The first-order chi connectivity index (χ1) is 16.0. The second kappa shape index (κ2) is 8.71. The number of nitrogens with zero attached hydrogens (tertiary/aromatic N) is 2. The van der Waals surface area contributed by atoms with Crippen molar-refractivity contribution in [1.82, 2.24) is 14.8 Å². The number of hydrogen-bond acceptors (Lipinski definition) is 3. The molecule has 1 unspecified atom stereocenters. The number of H-pyrrole nitrogens is 1. The van der Waals surface area contributed by atoms with E-state index in [4.69, 9.17) is 4.42 Å². The van der Waals surface area contributed by atoms with Crippen molar-refractivity contribution in [2.24, 2.45) is 5.92 Å². The summed E-state index contributed by atoms with van der Waals surface area (Å²) in [5, 5.41) is 2.23. The number of aromatic amines is 1.